The monoisotopic (exact) mass is 380 g/mol. The Kier molecular flexibility index (Phi) is 6.21. The first-order chi connectivity index (χ1) is 13.5. The van der Waals surface area contributed by atoms with E-state index in [1.54, 1.807) is 20.0 Å². The van der Waals surface area contributed by atoms with Crippen LogP contribution in [0.5, 0.6) is 5.75 Å². The number of aromatic nitrogens is 2. The predicted molar refractivity (Wildman–Crippen MR) is 108 cm³/mol. The summed E-state index contributed by atoms with van der Waals surface area (Å²) >= 11 is 0. The van der Waals surface area contributed by atoms with Crippen molar-refractivity contribution in [1.82, 2.24) is 9.55 Å². The zero-order valence-corrected chi connectivity index (χ0v) is 16.3. The molecule has 0 aliphatic rings. The first-order valence-corrected chi connectivity index (χ1v) is 9.28. The topological polar surface area (TPSA) is 70.4 Å². The van der Waals surface area contributed by atoms with Crippen molar-refractivity contribution in [3.05, 3.63) is 70.3 Å². The van der Waals surface area contributed by atoms with Gasteiger partial charge in [0.25, 0.3) is 5.56 Å². The third-order valence-electron chi connectivity index (χ3n) is 4.61. The first-order valence-electron chi connectivity index (χ1n) is 9.28. The summed E-state index contributed by atoms with van der Waals surface area (Å²) < 4.78 is 12.8. The molecule has 0 aliphatic carbocycles. The standard InChI is InChI=1S/C22H24N2O4/c1-4-27-20(15(2)25)13-16-9-11-17(12-10-16)28-14-21-23-19-8-6-5-7-18(19)22(26)24(21)3/h5-12,20H,4,13-14H2,1-3H3. The molecule has 3 aromatic rings. The Morgan fingerprint density at radius 2 is 1.86 bits per heavy atom. The molecule has 0 N–H and O–H groups in total. The highest BCUT2D eigenvalue weighted by Crippen LogP contribution is 2.16. The lowest BCUT2D eigenvalue weighted by Gasteiger charge is -2.14. The van der Waals surface area contributed by atoms with Crippen molar-refractivity contribution in [2.75, 3.05) is 6.61 Å². The van der Waals surface area contributed by atoms with Crippen LogP contribution in [-0.2, 0) is 29.6 Å². The van der Waals surface area contributed by atoms with Gasteiger partial charge in [-0.3, -0.25) is 14.2 Å². The van der Waals surface area contributed by atoms with Crippen LogP contribution >= 0.6 is 0 Å². The van der Waals surface area contributed by atoms with E-state index in [-0.39, 0.29) is 17.9 Å². The summed E-state index contributed by atoms with van der Waals surface area (Å²) in [6, 6.07) is 14.8. The molecule has 0 spiro atoms. The van der Waals surface area contributed by atoms with Crippen molar-refractivity contribution in [3.8, 4) is 5.75 Å². The zero-order chi connectivity index (χ0) is 20.1. The normalized spacial score (nSPS) is 12.1. The summed E-state index contributed by atoms with van der Waals surface area (Å²) in [6.07, 6.45) is 0.109. The number of hydrogen-bond acceptors (Lipinski definition) is 5. The minimum atomic E-state index is -0.423. The number of hydrogen-bond donors (Lipinski definition) is 0. The summed E-state index contributed by atoms with van der Waals surface area (Å²) in [6.45, 7) is 4.10. The van der Waals surface area contributed by atoms with Gasteiger partial charge in [-0.25, -0.2) is 4.98 Å². The van der Waals surface area contributed by atoms with E-state index in [1.807, 2.05) is 49.4 Å². The molecule has 0 fully saturated rings. The van der Waals surface area contributed by atoms with Crippen LogP contribution in [-0.4, -0.2) is 28.0 Å². The lowest BCUT2D eigenvalue weighted by Crippen LogP contribution is -2.24. The molecule has 1 atom stereocenters. The Labute approximate surface area is 163 Å². The number of Topliss-reactive ketones (excluding diaryl/α,β-unsaturated/α-hetero) is 1. The van der Waals surface area contributed by atoms with E-state index in [0.717, 1.165) is 5.56 Å². The molecule has 1 aromatic heterocycles. The number of nitrogens with zero attached hydrogens (tertiary/aromatic N) is 2. The van der Waals surface area contributed by atoms with Gasteiger partial charge in [-0.2, -0.15) is 0 Å². The van der Waals surface area contributed by atoms with Crippen LogP contribution in [0.1, 0.15) is 25.2 Å². The molecule has 6 nitrogen and oxygen atoms in total. The fourth-order valence-corrected chi connectivity index (χ4v) is 3.00. The van der Waals surface area contributed by atoms with Crippen molar-refractivity contribution in [2.45, 2.75) is 33.0 Å². The predicted octanol–water partition coefficient (Wildman–Crippen LogP) is 3.05. The van der Waals surface area contributed by atoms with Crippen LogP contribution in [0.3, 0.4) is 0 Å². The lowest BCUT2D eigenvalue weighted by atomic mass is 10.1. The zero-order valence-electron chi connectivity index (χ0n) is 16.3. The van der Waals surface area contributed by atoms with Crippen molar-refractivity contribution in [3.63, 3.8) is 0 Å². The molecule has 146 valence electrons. The Balaban J connectivity index is 1.70. The number of carbonyl (C=O) groups is 1. The second kappa shape index (κ2) is 8.80. The average molecular weight is 380 g/mol. The average Bonchev–Trinajstić information content (AvgIpc) is 2.70. The van der Waals surface area contributed by atoms with Gasteiger partial charge in [0.05, 0.1) is 10.9 Å². The van der Waals surface area contributed by atoms with E-state index >= 15 is 0 Å². The van der Waals surface area contributed by atoms with Crippen molar-refractivity contribution < 1.29 is 14.3 Å². The number of rotatable bonds is 8. The summed E-state index contributed by atoms with van der Waals surface area (Å²) in [7, 11) is 1.69. The number of benzene rings is 2. The maximum atomic E-state index is 12.4. The quantitative estimate of drug-likeness (QED) is 0.601. The smallest absolute Gasteiger partial charge is 0.261 e. The fraction of sp³-hybridized carbons (Fsp3) is 0.318. The van der Waals surface area contributed by atoms with Gasteiger partial charge >= 0.3 is 0 Å². The number of ketones is 1. The van der Waals surface area contributed by atoms with Gasteiger partial charge in [0.15, 0.2) is 5.78 Å². The summed E-state index contributed by atoms with van der Waals surface area (Å²) in [5, 5.41) is 0.590. The molecule has 0 amide bonds. The first kappa shape index (κ1) is 19.8. The number of para-hydroxylation sites is 1. The summed E-state index contributed by atoms with van der Waals surface area (Å²) in [5.74, 6) is 1.24. The van der Waals surface area contributed by atoms with Gasteiger partial charge in [0.2, 0.25) is 0 Å². The molecule has 0 radical (unpaired) electrons. The summed E-state index contributed by atoms with van der Waals surface area (Å²) in [5.41, 5.74) is 1.56. The molecule has 28 heavy (non-hydrogen) atoms. The largest absolute Gasteiger partial charge is 0.486 e. The van der Waals surface area contributed by atoms with E-state index in [1.165, 1.54) is 4.57 Å². The molecule has 1 heterocycles. The SMILES string of the molecule is CCOC(Cc1ccc(OCc2nc3ccccc3c(=O)n2C)cc1)C(C)=O. The van der Waals surface area contributed by atoms with E-state index in [9.17, 15) is 9.59 Å². The van der Waals surface area contributed by atoms with Gasteiger partial charge in [-0.15, -0.1) is 0 Å². The van der Waals surface area contributed by atoms with Crippen LogP contribution in [0.4, 0.5) is 0 Å². The number of ether oxygens (including phenoxy) is 2. The molecule has 6 heteroatoms. The number of carbonyl (C=O) groups excluding carboxylic acids is 1. The minimum Gasteiger partial charge on any atom is -0.486 e. The van der Waals surface area contributed by atoms with Gasteiger partial charge in [-0.05, 0) is 43.7 Å². The molecule has 3 rings (SSSR count). The van der Waals surface area contributed by atoms with Crippen LogP contribution < -0.4 is 10.3 Å². The van der Waals surface area contributed by atoms with E-state index < -0.39 is 6.10 Å². The van der Waals surface area contributed by atoms with Gasteiger partial charge < -0.3 is 9.47 Å². The third-order valence-corrected chi connectivity index (χ3v) is 4.61. The van der Waals surface area contributed by atoms with Crippen molar-refractivity contribution in [2.24, 2.45) is 7.05 Å². The van der Waals surface area contributed by atoms with Gasteiger partial charge in [0, 0.05) is 20.1 Å². The maximum absolute atomic E-state index is 12.4. The second-order valence-corrected chi connectivity index (χ2v) is 6.60. The molecular weight excluding hydrogens is 356 g/mol. The highest BCUT2D eigenvalue weighted by atomic mass is 16.5. The molecule has 0 saturated carbocycles. The molecule has 0 bridgehead atoms. The van der Waals surface area contributed by atoms with Crippen LogP contribution in [0, 0.1) is 0 Å². The molecular formula is C22H24N2O4. The van der Waals surface area contributed by atoms with Crippen molar-refractivity contribution >= 4 is 16.7 Å². The summed E-state index contributed by atoms with van der Waals surface area (Å²) in [4.78, 5) is 28.6. The number of fused-ring (bicyclic) bond motifs is 1. The molecule has 0 aliphatic heterocycles. The molecule has 1 unspecified atom stereocenters. The van der Waals surface area contributed by atoms with Crippen molar-refractivity contribution in [1.29, 1.82) is 0 Å². The van der Waals surface area contributed by atoms with Crippen LogP contribution in [0.15, 0.2) is 53.3 Å². The van der Waals surface area contributed by atoms with Gasteiger partial charge in [-0.1, -0.05) is 24.3 Å². The van der Waals surface area contributed by atoms with E-state index in [2.05, 4.69) is 4.98 Å². The van der Waals surface area contributed by atoms with Crippen LogP contribution in [0.25, 0.3) is 10.9 Å². The highest BCUT2D eigenvalue weighted by molar-refractivity contribution is 5.80. The Morgan fingerprint density at radius 3 is 2.54 bits per heavy atom. The Morgan fingerprint density at radius 1 is 1.14 bits per heavy atom. The highest BCUT2D eigenvalue weighted by Gasteiger charge is 2.15. The van der Waals surface area contributed by atoms with Crippen LogP contribution in [0.2, 0.25) is 0 Å². The van der Waals surface area contributed by atoms with E-state index in [4.69, 9.17) is 9.47 Å². The molecule has 0 saturated heterocycles. The maximum Gasteiger partial charge on any atom is 0.261 e. The fourth-order valence-electron chi connectivity index (χ4n) is 3.00. The second-order valence-electron chi connectivity index (χ2n) is 6.60. The van der Waals surface area contributed by atoms with E-state index in [0.29, 0.717) is 35.5 Å². The minimum absolute atomic E-state index is 0.0190. The molecule has 2 aromatic carbocycles. The Bertz CT molecular complexity index is 1020. The Hall–Kier alpha value is -2.99. The lowest BCUT2D eigenvalue weighted by molar-refractivity contribution is -0.127. The third kappa shape index (κ3) is 4.46. The van der Waals surface area contributed by atoms with Gasteiger partial charge in [0.1, 0.15) is 24.3 Å².